The molecule has 0 saturated carbocycles. The van der Waals surface area contributed by atoms with Crippen molar-refractivity contribution in [3.63, 3.8) is 0 Å². The van der Waals surface area contributed by atoms with Crippen molar-refractivity contribution in [1.82, 2.24) is 14.6 Å². The summed E-state index contributed by atoms with van der Waals surface area (Å²) < 4.78 is 1.83. The normalized spacial score (nSPS) is 13.3. The van der Waals surface area contributed by atoms with Crippen molar-refractivity contribution in [3.05, 3.63) is 29.7 Å². The zero-order valence-corrected chi connectivity index (χ0v) is 9.14. The predicted octanol–water partition coefficient (Wildman–Crippen LogP) is 1.35. The summed E-state index contributed by atoms with van der Waals surface area (Å²) in [6, 6.07) is 2.01. The molecule has 2 aromatic rings. The fourth-order valence-corrected chi connectivity index (χ4v) is 1.50. The topological polar surface area (TPSA) is 56.2 Å². The lowest BCUT2D eigenvalue weighted by Crippen LogP contribution is -2.10. The van der Waals surface area contributed by atoms with Gasteiger partial charge in [-0.3, -0.25) is 0 Å². The maximum atomic E-state index is 5.62. The Kier molecular flexibility index (Phi) is 2.68. The van der Waals surface area contributed by atoms with Gasteiger partial charge in [0.25, 0.3) is 0 Å². The predicted molar refractivity (Wildman–Crippen MR) is 59.8 cm³/mol. The van der Waals surface area contributed by atoms with Crippen LogP contribution in [0.5, 0.6) is 0 Å². The second-order valence-corrected chi connectivity index (χ2v) is 3.82. The van der Waals surface area contributed by atoms with Crippen molar-refractivity contribution < 1.29 is 0 Å². The van der Waals surface area contributed by atoms with Crippen LogP contribution in [0.25, 0.3) is 5.65 Å². The molecule has 0 fully saturated rings. The summed E-state index contributed by atoms with van der Waals surface area (Å²) in [6.45, 7) is 4.81. The van der Waals surface area contributed by atoms with E-state index in [2.05, 4.69) is 23.9 Å². The molecule has 4 heteroatoms. The van der Waals surface area contributed by atoms with Gasteiger partial charge in [-0.05, 0) is 24.4 Å². The van der Waals surface area contributed by atoms with Crippen LogP contribution < -0.4 is 5.73 Å². The molecule has 0 amide bonds. The number of fused-ring (bicyclic) bond motifs is 1. The van der Waals surface area contributed by atoms with Crippen molar-refractivity contribution in [2.24, 2.45) is 5.73 Å². The number of hydrogen-bond donors (Lipinski definition) is 1. The molecule has 1 unspecified atom stereocenters. The molecule has 2 N–H and O–H groups in total. The highest BCUT2D eigenvalue weighted by Crippen LogP contribution is 2.13. The van der Waals surface area contributed by atoms with Crippen LogP contribution in [0.4, 0.5) is 0 Å². The van der Waals surface area contributed by atoms with E-state index >= 15 is 0 Å². The van der Waals surface area contributed by atoms with Crippen molar-refractivity contribution in [2.45, 2.75) is 26.2 Å². The molecule has 0 radical (unpaired) electrons. The van der Waals surface area contributed by atoms with Crippen LogP contribution in [0, 0.1) is 0 Å². The fraction of sp³-hybridized carbons (Fsp3) is 0.455. The molecular formula is C11H16N4. The number of nitrogens with two attached hydrogens (primary N) is 1. The van der Waals surface area contributed by atoms with Crippen LogP contribution in [-0.4, -0.2) is 21.1 Å². The molecular weight excluding hydrogens is 188 g/mol. The molecule has 0 aliphatic carbocycles. The second-order valence-electron chi connectivity index (χ2n) is 3.82. The molecule has 0 spiro atoms. The molecule has 2 rings (SSSR count). The van der Waals surface area contributed by atoms with Crippen LogP contribution in [0.15, 0.2) is 18.5 Å². The maximum Gasteiger partial charge on any atom is 0.155 e. The van der Waals surface area contributed by atoms with Gasteiger partial charge in [0.2, 0.25) is 0 Å². The quantitative estimate of drug-likeness (QED) is 0.821. The van der Waals surface area contributed by atoms with Gasteiger partial charge in [0, 0.05) is 18.5 Å². The van der Waals surface area contributed by atoms with Crippen LogP contribution >= 0.6 is 0 Å². The highest BCUT2D eigenvalue weighted by molar-refractivity contribution is 5.39. The maximum absolute atomic E-state index is 5.62. The lowest BCUT2D eigenvalue weighted by molar-refractivity contribution is 0.751. The first-order chi connectivity index (χ1) is 7.24. The highest BCUT2D eigenvalue weighted by Gasteiger charge is 2.06. The standard InChI is InChI=1S/C11H16N4/c1-3-10-4-11-13-6-9(8(2)5-12)7-15(11)14-10/h4,6-8H,3,5,12H2,1-2H3. The molecule has 4 nitrogen and oxygen atoms in total. The van der Waals surface area contributed by atoms with Crippen molar-refractivity contribution in [1.29, 1.82) is 0 Å². The van der Waals surface area contributed by atoms with Gasteiger partial charge in [0.05, 0.1) is 5.69 Å². The molecule has 0 saturated heterocycles. The minimum Gasteiger partial charge on any atom is -0.330 e. The van der Waals surface area contributed by atoms with Gasteiger partial charge >= 0.3 is 0 Å². The SMILES string of the molecule is CCc1cc2ncc(C(C)CN)cn2n1. The summed E-state index contributed by atoms with van der Waals surface area (Å²) in [6.07, 6.45) is 4.83. The second kappa shape index (κ2) is 3.98. The van der Waals surface area contributed by atoms with Gasteiger partial charge in [-0.1, -0.05) is 13.8 Å². The lowest BCUT2D eigenvalue weighted by atomic mass is 10.1. The number of nitrogens with zero attached hydrogens (tertiary/aromatic N) is 3. The van der Waals surface area contributed by atoms with Crippen molar-refractivity contribution in [2.75, 3.05) is 6.54 Å². The average molecular weight is 204 g/mol. The van der Waals surface area contributed by atoms with E-state index < -0.39 is 0 Å². The van der Waals surface area contributed by atoms with E-state index in [1.54, 1.807) is 0 Å². The molecule has 15 heavy (non-hydrogen) atoms. The third kappa shape index (κ3) is 1.85. The molecule has 0 aliphatic heterocycles. The van der Waals surface area contributed by atoms with Gasteiger partial charge in [-0.25, -0.2) is 9.50 Å². The van der Waals surface area contributed by atoms with Crippen LogP contribution in [0.2, 0.25) is 0 Å². The number of hydrogen-bond acceptors (Lipinski definition) is 3. The fourth-order valence-electron chi connectivity index (χ4n) is 1.50. The van der Waals surface area contributed by atoms with Gasteiger partial charge in [-0.15, -0.1) is 0 Å². The molecule has 80 valence electrons. The smallest absolute Gasteiger partial charge is 0.155 e. The van der Waals surface area contributed by atoms with E-state index in [0.29, 0.717) is 12.5 Å². The van der Waals surface area contributed by atoms with E-state index in [0.717, 1.165) is 23.3 Å². The molecule has 0 aromatic carbocycles. The first kappa shape index (κ1) is 10.1. The summed E-state index contributed by atoms with van der Waals surface area (Å²) in [5.74, 6) is 0.330. The third-order valence-electron chi connectivity index (χ3n) is 2.67. The summed E-state index contributed by atoms with van der Waals surface area (Å²) >= 11 is 0. The first-order valence-corrected chi connectivity index (χ1v) is 5.29. The van der Waals surface area contributed by atoms with Gasteiger partial charge < -0.3 is 5.73 Å². The Bertz CT molecular complexity index is 461. The van der Waals surface area contributed by atoms with Gasteiger partial charge in [-0.2, -0.15) is 5.10 Å². The summed E-state index contributed by atoms with van der Waals surface area (Å²) in [5, 5.41) is 4.42. The average Bonchev–Trinajstić information content (AvgIpc) is 2.69. The van der Waals surface area contributed by atoms with E-state index in [1.165, 1.54) is 0 Å². The largest absolute Gasteiger partial charge is 0.330 e. The molecule has 0 bridgehead atoms. The first-order valence-electron chi connectivity index (χ1n) is 5.29. The van der Waals surface area contributed by atoms with Crippen LogP contribution in [0.3, 0.4) is 0 Å². The third-order valence-corrected chi connectivity index (χ3v) is 2.67. The minimum atomic E-state index is 0.330. The Hall–Kier alpha value is -1.42. The zero-order valence-electron chi connectivity index (χ0n) is 9.14. The minimum absolute atomic E-state index is 0.330. The van der Waals surface area contributed by atoms with E-state index in [9.17, 15) is 0 Å². The molecule has 2 aromatic heterocycles. The number of rotatable bonds is 3. The Morgan fingerprint density at radius 1 is 1.53 bits per heavy atom. The Balaban J connectivity index is 2.45. The van der Waals surface area contributed by atoms with Gasteiger partial charge in [0.15, 0.2) is 5.65 Å². The van der Waals surface area contributed by atoms with Crippen LogP contribution in [-0.2, 0) is 6.42 Å². The molecule has 2 heterocycles. The number of aromatic nitrogens is 3. The van der Waals surface area contributed by atoms with E-state index in [-0.39, 0.29) is 0 Å². The van der Waals surface area contributed by atoms with Gasteiger partial charge in [0.1, 0.15) is 0 Å². The zero-order chi connectivity index (χ0) is 10.8. The van der Waals surface area contributed by atoms with E-state index in [1.807, 2.05) is 23.0 Å². The summed E-state index contributed by atoms with van der Waals surface area (Å²) in [4.78, 5) is 4.36. The molecule has 1 atom stereocenters. The lowest BCUT2D eigenvalue weighted by Gasteiger charge is -2.07. The number of aryl methyl sites for hydroxylation is 1. The Labute approximate surface area is 89.1 Å². The Morgan fingerprint density at radius 2 is 2.33 bits per heavy atom. The highest BCUT2D eigenvalue weighted by atomic mass is 15.2. The van der Waals surface area contributed by atoms with E-state index in [4.69, 9.17) is 5.73 Å². The van der Waals surface area contributed by atoms with Crippen molar-refractivity contribution in [3.8, 4) is 0 Å². The Morgan fingerprint density at radius 3 is 3.00 bits per heavy atom. The summed E-state index contributed by atoms with van der Waals surface area (Å²) in [5.41, 5.74) is 8.73. The van der Waals surface area contributed by atoms with Crippen LogP contribution in [0.1, 0.15) is 31.0 Å². The summed E-state index contributed by atoms with van der Waals surface area (Å²) in [7, 11) is 0. The monoisotopic (exact) mass is 204 g/mol. The molecule has 0 aliphatic rings. The van der Waals surface area contributed by atoms with Crippen molar-refractivity contribution >= 4 is 5.65 Å².